The lowest BCUT2D eigenvalue weighted by atomic mass is 9.87. The minimum absolute atomic E-state index is 0.231. The van der Waals surface area contributed by atoms with E-state index in [9.17, 15) is 0 Å². The van der Waals surface area contributed by atoms with Gasteiger partial charge in [0.05, 0.1) is 11.7 Å². The van der Waals surface area contributed by atoms with E-state index in [0.29, 0.717) is 6.04 Å². The van der Waals surface area contributed by atoms with Gasteiger partial charge in [0.2, 0.25) is 0 Å². The van der Waals surface area contributed by atoms with Crippen molar-refractivity contribution in [1.82, 2.24) is 10.3 Å². The van der Waals surface area contributed by atoms with Crippen LogP contribution in [0, 0.1) is 5.41 Å². The van der Waals surface area contributed by atoms with E-state index in [2.05, 4.69) is 26.1 Å². The molecule has 0 spiro atoms. The number of hydrogen-bond donors (Lipinski definition) is 1. The monoisotopic (exact) mass is 238 g/mol. The van der Waals surface area contributed by atoms with E-state index in [-0.39, 0.29) is 5.41 Å². The van der Waals surface area contributed by atoms with Crippen LogP contribution < -0.4 is 5.32 Å². The molecule has 0 fully saturated rings. The van der Waals surface area contributed by atoms with Gasteiger partial charge in [-0.05, 0) is 38.1 Å². The Hall–Kier alpha value is -0.410. The summed E-state index contributed by atoms with van der Waals surface area (Å²) in [5.41, 5.74) is 1.60. The molecule has 1 heterocycles. The average Bonchev–Trinajstić information content (AvgIpc) is 2.59. The molecule has 1 aromatic heterocycles. The highest BCUT2D eigenvalue weighted by atomic mass is 32.1. The molecule has 3 heteroatoms. The van der Waals surface area contributed by atoms with Gasteiger partial charge in [-0.3, -0.25) is 0 Å². The van der Waals surface area contributed by atoms with E-state index in [1.165, 1.54) is 41.3 Å². The fourth-order valence-electron chi connectivity index (χ4n) is 2.42. The summed E-state index contributed by atoms with van der Waals surface area (Å²) < 4.78 is 0. The van der Waals surface area contributed by atoms with Crippen molar-refractivity contribution < 1.29 is 0 Å². The maximum atomic E-state index is 4.84. The van der Waals surface area contributed by atoms with Gasteiger partial charge in [0.1, 0.15) is 5.01 Å². The SMILES string of the molecule is CNC(c1nc2c(s1)CCCC2)C(C)(C)C. The highest BCUT2D eigenvalue weighted by molar-refractivity contribution is 7.11. The summed E-state index contributed by atoms with van der Waals surface area (Å²) in [7, 11) is 2.04. The summed E-state index contributed by atoms with van der Waals surface area (Å²) in [6.45, 7) is 6.82. The average molecular weight is 238 g/mol. The molecule has 2 rings (SSSR count). The second-order valence-electron chi connectivity index (χ2n) is 5.72. The van der Waals surface area contributed by atoms with Crippen LogP contribution in [0.3, 0.4) is 0 Å². The number of nitrogens with one attached hydrogen (secondary N) is 1. The van der Waals surface area contributed by atoms with Gasteiger partial charge >= 0.3 is 0 Å². The Morgan fingerprint density at radius 1 is 1.25 bits per heavy atom. The first-order valence-electron chi connectivity index (χ1n) is 6.18. The minimum atomic E-state index is 0.231. The largest absolute Gasteiger partial charge is 0.311 e. The number of aryl methyl sites for hydroxylation is 2. The van der Waals surface area contributed by atoms with Crippen LogP contribution in [0.15, 0.2) is 0 Å². The summed E-state index contributed by atoms with van der Waals surface area (Å²) in [6.07, 6.45) is 5.09. The lowest BCUT2D eigenvalue weighted by Crippen LogP contribution is -2.29. The van der Waals surface area contributed by atoms with Crippen LogP contribution >= 0.6 is 11.3 Å². The molecule has 0 amide bonds. The molecule has 0 aromatic carbocycles. The molecule has 1 aliphatic rings. The Labute approximate surface area is 102 Å². The molecule has 1 N–H and O–H groups in total. The predicted molar refractivity (Wildman–Crippen MR) is 70.0 cm³/mol. The van der Waals surface area contributed by atoms with Gasteiger partial charge in [-0.2, -0.15) is 0 Å². The van der Waals surface area contributed by atoms with Gasteiger partial charge < -0.3 is 5.32 Å². The van der Waals surface area contributed by atoms with E-state index < -0.39 is 0 Å². The standard InChI is InChI=1S/C13H22N2S/c1-13(2,3)11(14-4)12-15-9-7-5-6-8-10(9)16-12/h11,14H,5-8H2,1-4H3. The molecule has 2 nitrogen and oxygen atoms in total. The van der Waals surface area contributed by atoms with Gasteiger partial charge in [-0.25, -0.2) is 4.98 Å². The van der Waals surface area contributed by atoms with E-state index in [4.69, 9.17) is 4.98 Å². The third-order valence-electron chi connectivity index (χ3n) is 3.26. The zero-order valence-corrected chi connectivity index (χ0v) is 11.6. The molecule has 0 aliphatic heterocycles. The van der Waals surface area contributed by atoms with E-state index >= 15 is 0 Å². The van der Waals surface area contributed by atoms with Crippen molar-refractivity contribution in [3.05, 3.63) is 15.6 Å². The Balaban J connectivity index is 2.29. The molecule has 0 bridgehead atoms. The molecule has 1 atom stereocenters. The lowest BCUT2D eigenvalue weighted by molar-refractivity contribution is 0.286. The third kappa shape index (κ3) is 2.30. The summed E-state index contributed by atoms with van der Waals surface area (Å²) in [5, 5.41) is 4.69. The van der Waals surface area contributed by atoms with E-state index in [1.807, 2.05) is 18.4 Å². The summed E-state index contributed by atoms with van der Waals surface area (Å²) >= 11 is 1.92. The second-order valence-corrected chi connectivity index (χ2v) is 6.83. The quantitative estimate of drug-likeness (QED) is 0.855. The van der Waals surface area contributed by atoms with Gasteiger partial charge in [-0.15, -0.1) is 11.3 Å². The van der Waals surface area contributed by atoms with Crippen molar-refractivity contribution in [2.45, 2.75) is 52.5 Å². The zero-order valence-electron chi connectivity index (χ0n) is 10.8. The number of hydrogen-bond acceptors (Lipinski definition) is 3. The van der Waals surface area contributed by atoms with Crippen molar-refractivity contribution in [3.63, 3.8) is 0 Å². The first-order valence-corrected chi connectivity index (χ1v) is 7.00. The Morgan fingerprint density at radius 2 is 1.94 bits per heavy atom. The van der Waals surface area contributed by atoms with Gasteiger partial charge in [-0.1, -0.05) is 20.8 Å². The van der Waals surface area contributed by atoms with Gasteiger partial charge in [0.15, 0.2) is 0 Å². The minimum Gasteiger partial charge on any atom is -0.311 e. The maximum absolute atomic E-state index is 4.84. The highest BCUT2D eigenvalue weighted by Gasteiger charge is 2.29. The smallest absolute Gasteiger partial charge is 0.111 e. The van der Waals surface area contributed by atoms with E-state index in [0.717, 1.165) is 0 Å². The molecular weight excluding hydrogens is 216 g/mol. The molecule has 1 aromatic rings. The Morgan fingerprint density at radius 3 is 2.50 bits per heavy atom. The predicted octanol–water partition coefficient (Wildman–Crippen LogP) is 3.33. The molecular formula is C13H22N2S. The highest BCUT2D eigenvalue weighted by Crippen LogP contribution is 2.37. The van der Waals surface area contributed by atoms with Crippen LogP contribution in [0.4, 0.5) is 0 Å². The van der Waals surface area contributed by atoms with Crippen LogP contribution in [-0.2, 0) is 12.8 Å². The summed E-state index contributed by atoms with van der Waals surface area (Å²) in [6, 6.07) is 0.378. The fraction of sp³-hybridized carbons (Fsp3) is 0.769. The zero-order chi connectivity index (χ0) is 11.8. The van der Waals surface area contributed by atoms with Gasteiger partial charge in [0.25, 0.3) is 0 Å². The molecule has 1 aliphatic carbocycles. The number of aromatic nitrogens is 1. The molecule has 0 radical (unpaired) electrons. The summed E-state index contributed by atoms with van der Waals surface area (Å²) in [4.78, 5) is 6.38. The first-order chi connectivity index (χ1) is 7.52. The van der Waals surface area contributed by atoms with Crippen molar-refractivity contribution in [3.8, 4) is 0 Å². The van der Waals surface area contributed by atoms with Crippen molar-refractivity contribution in [1.29, 1.82) is 0 Å². The number of fused-ring (bicyclic) bond motifs is 1. The Bertz CT molecular complexity index is 339. The van der Waals surface area contributed by atoms with Crippen LogP contribution in [0.2, 0.25) is 0 Å². The lowest BCUT2D eigenvalue weighted by Gasteiger charge is -2.28. The normalized spacial score (nSPS) is 18.2. The maximum Gasteiger partial charge on any atom is 0.111 e. The third-order valence-corrected chi connectivity index (χ3v) is 4.49. The molecule has 0 saturated carbocycles. The van der Waals surface area contributed by atoms with Crippen molar-refractivity contribution in [2.24, 2.45) is 5.41 Å². The second kappa shape index (κ2) is 4.46. The van der Waals surface area contributed by atoms with Crippen LogP contribution in [0.1, 0.15) is 55.2 Å². The summed E-state index contributed by atoms with van der Waals surface area (Å²) in [5.74, 6) is 0. The molecule has 16 heavy (non-hydrogen) atoms. The molecule has 90 valence electrons. The van der Waals surface area contributed by atoms with Crippen LogP contribution in [0.5, 0.6) is 0 Å². The van der Waals surface area contributed by atoms with Crippen LogP contribution in [0.25, 0.3) is 0 Å². The number of thiazole rings is 1. The molecule has 0 saturated heterocycles. The van der Waals surface area contributed by atoms with Crippen molar-refractivity contribution in [2.75, 3.05) is 7.05 Å². The molecule has 1 unspecified atom stereocenters. The Kier molecular flexibility index (Phi) is 3.36. The van der Waals surface area contributed by atoms with Gasteiger partial charge in [0, 0.05) is 4.88 Å². The van der Waals surface area contributed by atoms with Crippen molar-refractivity contribution >= 4 is 11.3 Å². The first kappa shape index (κ1) is 12.1. The number of nitrogens with zero attached hydrogens (tertiary/aromatic N) is 1. The van der Waals surface area contributed by atoms with E-state index in [1.54, 1.807) is 0 Å². The van der Waals surface area contributed by atoms with Crippen LogP contribution in [-0.4, -0.2) is 12.0 Å². The fourth-order valence-corrected chi connectivity index (χ4v) is 3.93. The topological polar surface area (TPSA) is 24.9 Å². The number of rotatable bonds is 2.